The fourth-order valence-corrected chi connectivity index (χ4v) is 4.60. The topological polar surface area (TPSA) is 68.0 Å². The zero-order valence-electron chi connectivity index (χ0n) is 17.8. The molecule has 0 aromatic heterocycles. The van der Waals surface area contributed by atoms with Crippen molar-refractivity contribution in [2.24, 2.45) is 5.73 Å². The van der Waals surface area contributed by atoms with Gasteiger partial charge in [-0.25, -0.2) is 0 Å². The Balaban J connectivity index is 1.41. The Morgan fingerprint density at radius 2 is 1.50 bits per heavy atom. The van der Waals surface area contributed by atoms with Crippen molar-refractivity contribution in [1.29, 1.82) is 0 Å². The minimum atomic E-state index is -0.686. The average Bonchev–Trinajstić information content (AvgIpc) is 3.38. The Hall–Kier alpha value is -3.03. The van der Waals surface area contributed by atoms with Gasteiger partial charge >= 0.3 is 0 Å². The van der Waals surface area contributed by atoms with E-state index in [0.29, 0.717) is 19.8 Å². The summed E-state index contributed by atoms with van der Waals surface area (Å²) in [4.78, 5) is 21.4. The molecule has 3 aromatic carbocycles. The first kappa shape index (κ1) is 20.8. The van der Waals surface area contributed by atoms with E-state index in [9.17, 15) is 4.79 Å². The van der Waals surface area contributed by atoms with Crippen LogP contribution in [0.3, 0.4) is 0 Å². The largest absolute Gasteiger partial charge is 0.352 e. The van der Waals surface area contributed by atoms with Gasteiger partial charge in [0.05, 0.1) is 25.3 Å². The van der Waals surface area contributed by atoms with E-state index in [1.807, 2.05) is 83.9 Å². The smallest absolute Gasteiger partial charge is 0.243 e. The summed E-state index contributed by atoms with van der Waals surface area (Å²) in [6.07, 6.45) is -0.419. The van der Waals surface area contributed by atoms with Crippen LogP contribution in [0.2, 0.25) is 0 Å². The number of hydrogen-bond acceptors (Lipinski definition) is 5. The van der Waals surface area contributed by atoms with Crippen molar-refractivity contribution in [2.75, 3.05) is 6.61 Å². The van der Waals surface area contributed by atoms with Gasteiger partial charge in [0.1, 0.15) is 6.04 Å². The molecular formula is C26H27N3O3. The van der Waals surface area contributed by atoms with Crippen LogP contribution in [-0.4, -0.2) is 40.6 Å². The fourth-order valence-electron chi connectivity index (χ4n) is 4.60. The second kappa shape index (κ2) is 9.22. The highest BCUT2D eigenvalue weighted by Gasteiger charge is 2.55. The summed E-state index contributed by atoms with van der Waals surface area (Å²) >= 11 is 0. The van der Waals surface area contributed by atoms with Crippen molar-refractivity contribution >= 4 is 5.91 Å². The van der Waals surface area contributed by atoms with Crippen molar-refractivity contribution in [3.63, 3.8) is 0 Å². The molecule has 1 amide bonds. The number of nitrogens with zero attached hydrogens (tertiary/aromatic N) is 2. The molecule has 2 heterocycles. The normalized spacial score (nSPS) is 24.8. The van der Waals surface area contributed by atoms with Crippen LogP contribution in [0.4, 0.5) is 0 Å². The molecule has 3 aromatic rings. The van der Waals surface area contributed by atoms with Crippen LogP contribution < -0.4 is 5.73 Å². The van der Waals surface area contributed by atoms with E-state index in [1.54, 1.807) is 4.90 Å². The van der Waals surface area contributed by atoms with Crippen molar-refractivity contribution in [2.45, 2.75) is 37.5 Å². The molecule has 2 saturated heterocycles. The number of carbonyl (C=O) groups excluding carboxylic acids is 1. The van der Waals surface area contributed by atoms with Gasteiger partial charge in [-0.15, -0.1) is 0 Å². The lowest BCUT2D eigenvalue weighted by molar-refractivity contribution is -0.209. The molecule has 2 aliphatic rings. The molecule has 2 N–H and O–H groups in total. The molecule has 6 nitrogen and oxygen atoms in total. The van der Waals surface area contributed by atoms with Crippen molar-refractivity contribution < 1.29 is 14.4 Å². The minimum absolute atomic E-state index is 0.104. The van der Waals surface area contributed by atoms with E-state index in [0.717, 1.165) is 16.7 Å². The number of fused-ring (bicyclic) bond motifs is 1. The Morgan fingerprint density at radius 1 is 0.906 bits per heavy atom. The quantitative estimate of drug-likeness (QED) is 0.584. The maximum Gasteiger partial charge on any atom is 0.243 e. The zero-order chi connectivity index (χ0) is 21.9. The average molecular weight is 430 g/mol. The van der Waals surface area contributed by atoms with E-state index in [-0.39, 0.29) is 18.0 Å². The molecular weight excluding hydrogens is 402 g/mol. The molecule has 32 heavy (non-hydrogen) atoms. The van der Waals surface area contributed by atoms with Crippen LogP contribution >= 0.6 is 0 Å². The fraction of sp³-hybridized carbons (Fsp3) is 0.269. The summed E-state index contributed by atoms with van der Waals surface area (Å²) in [5, 5.41) is 1.88. The molecule has 5 rings (SSSR count). The summed E-state index contributed by atoms with van der Waals surface area (Å²) in [5.74, 6) is -0.104. The first-order chi connectivity index (χ1) is 15.7. The first-order valence-electron chi connectivity index (χ1n) is 10.9. The summed E-state index contributed by atoms with van der Waals surface area (Å²) in [6, 6.07) is 28.7. The van der Waals surface area contributed by atoms with E-state index in [4.69, 9.17) is 15.3 Å². The van der Waals surface area contributed by atoms with Crippen LogP contribution in [0.5, 0.6) is 0 Å². The van der Waals surface area contributed by atoms with Gasteiger partial charge in [-0.2, -0.15) is 5.06 Å². The third-order valence-corrected chi connectivity index (χ3v) is 6.17. The van der Waals surface area contributed by atoms with E-state index in [1.165, 1.54) is 0 Å². The van der Waals surface area contributed by atoms with Crippen LogP contribution in [0, 0.1) is 0 Å². The highest BCUT2D eigenvalue weighted by Crippen LogP contribution is 2.39. The number of nitrogens with two attached hydrogens (primary N) is 1. The number of amides is 1. The van der Waals surface area contributed by atoms with Gasteiger partial charge in [0, 0.05) is 12.1 Å². The summed E-state index contributed by atoms with van der Waals surface area (Å²) in [7, 11) is 0. The molecule has 0 radical (unpaired) electrons. The van der Waals surface area contributed by atoms with E-state index >= 15 is 0 Å². The second-order valence-corrected chi connectivity index (χ2v) is 8.25. The standard InChI is InChI=1S/C26H27N3O3/c27-23-24(22-18-31-26(29(22)25(23)30)21-14-8-3-9-15-21)28(16-19-10-4-1-5-11-19)32-17-20-12-6-2-7-13-20/h1-15,22-24,26H,16-18,27H2/t22-,23-,24-,26-/m1/s1. The van der Waals surface area contributed by atoms with Crippen LogP contribution in [0.1, 0.15) is 22.9 Å². The summed E-state index contributed by atoms with van der Waals surface area (Å²) in [6.45, 7) is 1.35. The Bertz CT molecular complexity index is 1030. The monoisotopic (exact) mass is 429 g/mol. The number of ether oxygens (including phenoxy) is 1. The maximum absolute atomic E-state index is 13.3. The van der Waals surface area contributed by atoms with E-state index < -0.39 is 12.3 Å². The van der Waals surface area contributed by atoms with Gasteiger partial charge in [-0.3, -0.25) is 9.63 Å². The lowest BCUT2D eigenvalue weighted by Gasteiger charge is -2.32. The summed E-state index contributed by atoms with van der Waals surface area (Å²) < 4.78 is 6.09. The van der Waals surface area contributed by atoms with E-state index in [2.05, 4.69) is 12.1 Å². The molecule has 0 unspecified atom stereocenters. The number of benzene rings is 3. The molecule has 4 atom stereocenters. The third-order valence-electron chi connectivity index (χ3n) is 6.17. The van der Waals surface area contributed by atoms with Crippen molar-refractivity contribution in [3.8, 4) is 0 Å². The highest BCUT2D eigenvalue weighted by molar-refractivity contribution is 5.86. The highest BCUT2D eigenvalue weighted by atomic mass is 16.7. The van der Waals surface area contributed by atoms with Gasteiger partial charge in [0.15, 0.2) is 6.23 Å². The zero-order valence-corrected chi connectivity index (χ0v) is 17.8. The van der Waals surface area contributed by atoms with Crippen molar-refractivity contribution in [3.05, 3.63) is 108 Å². The molecule has 6 heteroatoms. The molecule has 0 spiro atoms. The SMILES string of the molecule is N[C@H]1C(=O)N2[C@@H](c3ccccc3)OC[C@@H]2[C@H]1N(Cc1ccccc1)OCc1ccccc1. The predicted molar refractivity (Wildman–Crippen MR) is 121 cm³/mol. The lowest BCUT2D eigenvalue weighted by atomic mass is 10.1. The number of carbonyl (C=O) groups is 1. The van der Waals surface area contributed by atoms with Crippen LogP contribution in [-0.2, 0) is 27.5 Å². The minimum Gasteiger partial charge on any atom is -0.352 e. The molecule has 0 bridgehead atoms. The van der Waals surface area contributed by atoms with Gasteiger partial charge in [0.25, 0.3) is 0 Å². The number of hydroxylamine groups is 2. The molecule has 2 aliphatic heterocycles. The third kappa shape index (κ3) is 4.06. The number of hydrogen-bond donors (Lipinski definition) is 1. The van der Waals surface area contributed by atoms with Crippen molar-refractivity contribution in [1.82, 2.24) is 9.96 Å². The lowest BCUT2D eigenvalue weighted by Crippen LogP contribution is -2.51. The van der Waals surface area contributed by atoms with Gasteiger partial charge in [-0.05, 0) is 11.1 Å². The van der Waals surface area contributed by atoms with Gasteiger partial charge in [0.2, 0.25) is 5.91 Å². The maximum atomic E-state index is 13.3. The van der Waals surface area contributed by atoms with Crippen LogP contribution in [0.25, 0.3) is 0 Å². The van der Waals surface area contributed by atoms with Gasteiger partial charge in [-0.1, -0.05) is 91.0 Å². The predicted octanol–water partition coefficient (Wildman–Crippen LogP) is 3.26. The van der Waals surface area contributed by atoms with Gasteiger partial charge < -0.3 is 15.4 Å². The molecule has 2 fully saturated rings. The Kier molecular flexibility index (Phi) is 6.01. The first-order valence-corrected chi connectivity index (χ1v) is 10.9. The number of rotatable bonds is 7. The molecule has 0 aliphatic carbocycles. The summed E-state index contributed by atoms with van der Waals surface area (Å²) in [5.41, 5.74) is 9.62. The Labute approximate surface area is 188 Å². The molecule has 164 valence electrons. The Morgan fingerprint density at radius 3 is 2.16 bits per heavy atom. The molecule has 0 saturated carbocycles. The van der Waals surface area contributed by atoms with Crippen LogP contribution in [0.15, 0.2) is 91.0 Å². The second-order valence-electron chi connectivity index (χ2n) is 8.25.